The molecule has 3 nitrogen and oxygen atoms in total. The number of hydrogen-bond acceptors (Lipinski definition) is 2. The standard InChI is InChI=1S/C8H9ClNO2P/c1-10-13(11)8(9)6-4-2-3-5-7(6)12-13/h2-5,8H,1H3,(H,10,11). The van der Waals surface area contributed by atoms with Crippen molar-refractivity contribution in [3.8, 4) is 5.75 Å². The second-order valence-electron chi connectivity index (χ2n) is 2.79. The van der Waals surface area contributed by atoms with Crippen LogP contribution in [0.1, 0.15) is 10.7 Å². The summed E-state index contributed by atoms with van der Waals surface area (Å²) in [4.78, 5) is 0. The Morgan fingerprint density at radius 1 is 1.54 bits per heavy atom. The molecule has 1 aromatic rings. The van der Waals surface area contributed by atoms with Crippen LogP contribution in [-0.4, -0.2) is 7.05 Å². The van der Waals surface area contributed by atoms with Crippen molar-refractivity contribution in [2.24, 2.45) is 0 Å². The van der Waals surface area contributed by atoms with Crippen molar-refractivity contribution in [3.63, 3.8) is 0 Å². The van der Waals surface area contributed by atoms with Gasteiger partial charge in [-0.05, 0) is 13.1 Å². The summed E-state index contributed by atoms with van der Waals surface area (Å²) in [5.74, 6) is 0.611. The van der Waals surface area contributed by atoms with E-state index in [1.807, 2.05) is 18.2 Å². The SMILES string of the molecule is CNP1(=O)Oc2ccccc2C1Cl. The molecule has 0 aromatic heterocycles. The third-order valence-electron chi connectivity index (χ3n) is 2.02. The Morgan fingerprint density at radius 2 is 2.23 bits per heavy atom. The molecule has 2 rings (SSSR count). The quantitative estimate of drug-likeness (QED) is 0.581. The van der Waals surface area contributed by atoms with E-state index in [-0.39, 0.29) is 0 Å². The summed E-state index contributed by atoms with van der Waals surface area (Å²) >= 11 is 6.00. The monoisotopic (exact) mass is 217 g/mol. The first-order chi connectivity index (χ1) is 6.17. The Kier molecular flexibility index (Phi) is 2.11. The number of nitrogens with one attached hydrogen (secondary N) is 1. The molecule has 0 amide bonds. The molecular formula is C8H9ClNO2P. The fourth-order valence-corrected chi connectivity index (χ4v) is 3.34. The molecule has 1 aliphatic rings. The summed E-state index contributed by atoms with van der Waals surface area (Å²) in [6, 6.07) is 7.27. The molecule has 0 aliphatic carbocycles. The molecule has 1 heterocycles. The van der Waals surface area contributed by atoms with Gasteiger partial charge in [-0.1, -0.05) is 18.2 Å². The van der Waals surface area contributed by atoms with Crippen molar-refractivity contribution in [1.82, 2.24) is 5.09 Å². The van der Waals surface area contributed by atoms with Gasteiger partial charge in [-0.25, -0.2) is 5.09 Å². The third-order valence-corrected chi connectivity index (χ3v) is 4.99. The molecule has 5 heteroatoms. The second-order valence-corrected chi connectivity index (χ2v) is 5.87. The van der Waals surface area contributed by atoms with Gasteiger partial charge in [-0.15, -0.1) is 11.6 Å². The smallest absolute Gasteiger partial charge is 0.338 e. The van der Waals surface area contributed by atoms with Gasteiger partial charge in [0.05, 0.1) is 0 Å². The Labute approximate surface area is 81.6 Å². The normalized spacial score (nSPS) is 31.1. The van der Waals surface area contributed by atoms with E-state index in [2.05, 4.69) is 5.09 Å². The van der Waals surface area contributed by atoms with E-state index >= 15 is 0 Å². The summed E-state index contributed by atoms with van der Waals surface area (Å²) in [5.41, 5.74) is 0.793. The van der Waals surface area contributed by atoms with E-state index < -0.39 is 12.6 Å². The zero-order valence-corrected chi connectivity index (χ0v) is 8.68. The molecule has 2 unspecified atom stereocenters. The molecule has 0 radical (unpaired) electrons. The summed E-state index contributed by atoms with van der Waals surface area (Å²) in [6.07, 6.45) is 0. The fourth-order valence-electron chi connectivity index (χ4n) is 1.29. The van der Waals surface area contributed by atoms with Crippen LogP contribution < -0.4 is 9.61 Å². The van der Waals surface area contributed by atoms with Crippen LogP contribution in [-0.2, 0) is 4.57 Å². The van der Waals surface area contributed by atoms with Crippen LogP contribution in [0.15, 0.2) is 24.3 Å². The van der Waals surface area contributed by atoms with Crippen molar-refractivity contribution < 1.29 is 9.09 Å². The van der Waals surface area contributed by atoms with Crippen molar-refractivity contribution in [2.45, 2.75) is 5.12 Å². The molecular weight excluding hydrogens is 209 g/mol. The minimum absolute atomic E-state index is 0.575. The van der Waals surface area contributed by atoms with Gasteiger partial charge in [0.15, 0.2) is 5.12 Å². The second kappa shape index (κ2) is 3.02. The van der Waals surface area contributed by atoms with E-state index in [1.165, 1.54) is 0 Å². The first-order valence-corrected chi connectivity index (χ1v) is 6.02. The summed E-state index contributed by atoms with van der Waals surface area (Å²) < 4.78 is 17.2. The van der Waals surface area contributed by atoms with E-state index in [0.29, 0.717) is 5.75 Å². The molecule has 13 heavy (non-hydrogen) atoms. The van der Waals surface area contributed by atoms with Gasteiger partial charge in [0.25, 0.3) is 0 Å². The molecule has 1 aromatic carbocycles. The highest BCUT2D eigenvalue weighted by Crippen LogP contribution is 2.65. The predicted molar refractivity (Wildman–Crippen MR) is 52.3 cm³/mol. The van der Waals surface area contributed by atoms with Crippen molar-refractivity contribution in [2.75, 3.05) is 7.05 Å². The molecule has 1 aliphatic heterocycles. The maximum Gasteiger partial charge on any atom is 0.338 e. The number of para-hydroxylation sites is 1. The Hall–Kier alpha value is -0.500. The largest absolute Gasteiger partial charge is 0.431 e. The summed E-state index contributed by atoms with van der Waals surface area (Å²) in [5, 5.41) is 2.06. The molecule has 0 saturated carbocycles. The lowest BCUT2D eigenvalue weighted by molar-refractivity contribution is 0.484. The zero-order chi connectivity index (χ0) is 9.47. The Bertz CT molecular complexity index is 382. The maximum atomic E-state index is 11.9. The average molecular weight is 218 g/mol. The molecule has 0 saturated heterocycles. The van der Waals surface area contributed by atoms with Crippen LogP contribution in [0.5, 0.6) is 5.75 Å². The lowest BCUT2D eigenvalue weighted by Crippen LogP contribution is -2.06. The van der Waals surface area contributed by atoms with E-state index in [1.54, 1.807) is 13.1 Å². The highest BCUT2D eigenvalue weighted by Gasteiger charge is 2.42. The van der Waals surface area contributed by atoms with Gasteiger partial charge in [-0.2, -0.15) is 0 Å². The number of alkyl halides is 1. The summed E-state index contributed by atoms with van der Waals surface area (Å²) in [6.45, 7) is 0. The number of halogens is 1. The van der Waals surface area contributed by atoms with Crippen LogP contribution in [0.4, 0.5) is 0 Å². The molecule has 0 fully saturated rings. The van der Waals surface area contributed by atoms with E-state index in [0.717, 1.165) is 5.56 Å². The van der Waals surface area contributed by atoms with Crippen LogP contribution in [0, 0.1) is 0 Å². The van der Waals surface area contributed by atoms with Crippen LogP contribution in [0.3, 0.4) is 0 Å². The fraction of sp³-hybridized carbons (Fsp3) is 0.250. The van der Waals surface area contributed by atoms with Crippen molar-refractivity contribution >= 4 is 19.1 Å². The minimum atomic E-state index is -2.91. The van der Waals surface area contributed by atoms with Crippen molar-refractivity contribution in [3.05, 3.63) is 29.8 Å². The number of fused-ring (bicyclic) bond motifs is 1. The van der Waals surface area contributed by atoms with Crippen LogP contribution >= 0.6 is 19.1 Å². The van der Waals surface area contributed by atoms with Gasteiger partial charge in [0, 0.05) is 5.56 Å². The molecule has 70 valence electrons. The van der Waals surface area contributed by atoms with Gasteiger partial charge < -0.3 is 4.52 Å². The van der Waals surface area contributed by atoms with E-state index in [4.69, 9.17) is 16.1 Å². The Morgan fingerprint density at radius 3 is 2.85 bits per heavy atom. The molecule has 2 atom stereocenters. The summed E-state index contributed by atoms with van der Waals surface area (Å²) in [7, 11) is -1.32. The third kappa shape index (κ3) is 1.28. The maximum absolute atomic E-state index is 11.9. The van der Waals surface area contributed by atoms with E-state index in [9.17, 15) is 4.57 Å². The lowest BCUT2D eigenvalue weighted by Gasteiger charge is -2.12. The average Bonchev–Trinajstić information content (AvgIpc) is 2.41. The minimum Gasteiger partial charge on any atom is -0.431 e. The molecule has 0 bridgehead atoms. The Balaban J connectivity index is 2.49. The van der Waals surface area contributed by atoms with Crippen molar-refractivity contribution in [1.29, 1.82) is 0 Å². The highest BCUT2D eigenvalue weighted by molar-refractivity contribution is 7.59. The number of benzene rings is 1. The van der Waals surface area contributed by atoms with Gasteiger partial charge >= 0.3 is 7.52 Å². The van der Waals surface area contributed by atoms with Crippen LogP contribution in [0.25, 0.3) is 0 Å². The first kappa shape index (κ1) is 9.07. The van der Waals surface area contributed by atoms with Gasteiger partial charge in [0.1, 0.15) is 5.75 Å². The zero-order valence-electron chi connectivity index (χ0n) is 7.03. The molecule has 1 N–H and O–H groups in total. The lowest BCUT2D eigenvalue weighted by atomic mass is 10.2. The highest BCUT2D eigenvalue weighted by atomic mass is 35.5. The number of rotatable bonds is 1. The van der Waals surface area contributed by atoms with Gasteiger partial charge in [-0.3, -0.25) is 4.57 Å². The van der Waals surface area contributed by atoms with Gasteiger partial charge in [0.2, 0.25) is 0 Å². The first-order valence-electron chi connectivity index (χ1n) is 3.89. The topological polar surface area (TPSA) is 38.3 Å². The van der Waals surface area contributed by atoms with Crippen LogP contribution in [0.2, 0.25) is 0 Å². The molecule has 0 spiro atoms. The number of hydrogen-bond donors (Lipinski definition) is 1. The predicted octanol–water partition coefficient (Wildman–Crippen LogP) is 2.73.